The molecule has 6 nitrogen and oxygen atoms in total. The van der Waals surface area contributed by atoms with Gasteiger partial charge in [-0.1, -0.05) is 6.92 Å². The molecule has 18 heavy (non-hydrogen) atoms. The van der Waals surface area contributed by atoms with Crippen molar-refractivity contribution in [1.29, 1.82) is 0 Å². The largest absolute Gasteiger partial charge is 0.392 e. The first kappa shape index (κ1) is 13.5. The Morgan fingerprint density at radius 1 is 1.56 bits per heavy atom. The monoisotopic (exact) mass is 273 g/mol. The minimum atomic E-state index is -3.59. The quantitative estimate of drug-likeness (QED) is 0.845. The summed E-state index contributed by atoms with van der Waals surface area (Å²) in [4.78, 5) is 0. The molecule has 1 aromatic heterocycles. The van der Waals surface area contributed by atoms with Gasteiger partial charge in [-0.15, -0.1) is 0 Å². The fraction of sp³-hybridized carbons (Fsp3) is 0.727. The molecule has 1 aromatic rings. The summed E-state index contributed by atoms with van der Waals surface area (Å²) >= 11 is 0. The highest BCUT2D eigenvalue weighted by atomic mass is 32.2. The molecule has 0 saturated carbocycles. The van der Waals surface area contributed by atoms with Crippen molar-refractivity contribution in [3.8, 4) is 0 Å². The molecular formula is C11H19N3O3S. The standard InChI is InChI=1S/C11H19N3O3S/c1-8-4-3-5-14(6-8)18(16,17)11-10(7-15)9(2)12-13-11/h8,15H,3-7H2,1-2H3,(H,12,13). The number of nitrogens with one attached hydrogen (secondary N) is 1. The van der Waals surface area contributed by atoms with Crippen LogP contribution in [0.4, 0.5) is 0 Å². The van der Waals surface area contributed by atoms with E-state index >= 15 is 0 Å². The highest BCUT2D eigenvalue weighted by Crippen LogP contribution is 2.25. The van der Waals surface area contributed by atoms with Crippen LogP contribution >= 0.6 is 0 Å². The third-order valence-electron chi connectivity index (χ3n) is 3.40. The van der Waals surface area contributed by atoms with Gasteiger partial charge >= 0.3 is 0 Å². The third kappa shape index (κ3) is 2.30. The van der Waals surface area contributed by atoms with Gasteiger partial charge in [-0.25, -0.2) is 8.42 Å². The summed E-state index contributed by atoms with van der Waals surface area (Å²) in [6.07, 6.45) is 1.93. The SMILES string of the molecule is Cc1[nH]nc(S(=O)(=O)N2CCCC(C)C2)c1CO. The molecule has 1 aliphatic heterocycles. The Morgan fingerprint density at radius 2 is 2.28 bits per heavy atom. The van der Waals surface area contributed by atoms with Crippen molar-refractivity contribution < 1.29 is 13.5 Å². The lowest BCUT2D eigenvalue weighted by Crippen LogP contribution is -2.39. The van der Waals surface area contributed by atoms with Crippen molar-refractivity contribution in [2.24, 2.45) is 5.92 Å². The number of aromatic amines is 1. The lowest BCUT2D eigenvalue weighted by atomic mass is 10.0. The second kappa shape index (κ2) is 4.99. The fourth-order valence-corrected chi connectivity index (χ4v) is 4.07. The Hall–Kier alpha value is -0.920. The van der Waals surface area contributed by atoms with E-state index < -0.39 is 10.0 Å². The Balaban J connectivity index is 2.35. The summed E-state index contributed by atoms with van der Waals surface area (Å²) in [5, 5.41) is 15.7. The molecule has 0 aliphatic carbocycles. The fourth-order valence-electron chi connectivity index (χ4n) is 2.32. The molecular weight excluding hydrogens is 254 g/mol. The lowest BCUT2D eigenvalue weighted by molar-refractivity contribution is 0.271. The number of piperidine rings is 1. The molecule has 1 unspecified atom stereocenters. The Morgan fingerprint density at radius 3 is 2.89 bits per heavy atom. The number of rotatable bonds is 3. The van der Waals surface area contributed by atoms with E-state index in [1.807, 2.05) is 6.92 Å². The lowest BCUT2D eigenvalue weighted by Gasteiger charge is -2.29. The van der Waals surface area contributed by atoms with Crippen LogP contribution < -0.4 is 0 Å². The van der Waals surface area contributed by atoms with Gasteiger partial charge in [-0.2, -0.15) is 9.40 Å². The maximum atomic E-state index is 12.5. The van der Waals surface area contributed by atoms with Crippen LogP contribution in [0.25, 0.3) is 0 Å². The van der Waals surface area contributed by atoms with E-state index in [9.17, 15) is 13.5 Å². The Labute approximate surface area is 107 Å². The summed E-state index contributed by atoms with van der Waals surface area (Å²) in [7, 11) is -3.59. The number of aliphatic hydroxyl groups excluding tert-OH is 1. The molecule has 0 spiro atoms. The number of aryl methyl sites for hydroxylation is 1. The minimum Gasteiger partial charge on any atom is -0.392 e. The zero-order valence-electron chi connectivity index (χ0n) is 10.7. The van der Waals surface area contributed by atoms with Crippen LogP contribution in [-0.2, 0) is 16.6 Å². The predicted molar refractivity (Wildman–Crippen MR) is 66.4 cm³/mol. The van der Waals surface area contributed by atoms with E-state index in [4.69, 9.17) is 0 Å². The van der Waals surface area contributed by atoms with Crippen molar-refractivity contribution in [2.45, 2.75) is 38.3 Å². The first-order valence-corrected chi connectivity index (χ1v) is 7.55. The molecule has 0 radical (unpaired) electrons. The van der Waals surface area contributed by atoms with Crippen molar-refractivity contribution in [3.63, 3.8) is 0 Å². The van der Waals surface area contributed by atoms with E-state index in [0.29, 0.717) is 30.3 Å². The molecule has 2 rings (SSSR count). The van der Waals surface area contributed by atoms with Crippen molar-refractivity contribution in [2.75, 3.05) is 13.1 Å². The predicted octanol–water partition coefficient (Wildman–Crippen LogP) is 0.631. The van der Waals surface area contributed by atoms with Gasteiger partial charge in [0.1, 0.15) is 0 Å². The van der Waals surface area contributed by atoms with Gasteiger partial charge in [0.05, 0.1) is 6.61 Å². The number of hydrogen-bond acceptors (Lipinski definition) is 4. The second-order valence-electron chi connectivity index (χ2n) is 4.90. The molecule has 1 saturated heterocycles. The molecule has 2 N–H and O–H groups in total. The van der Waals surface area contributed by atoms with Gasteiger partial charge < -0.3 is 5.11 Å². The zero-order chi connectivity index (χ0) is 13.3. The molecule has 2 heterocycles. The van der Waals surface area contributed by atoms with Crippen molar-refractivity contribution >= 4 is 10.0 Å². The first-order chi connectivity index (χ1) is 8.46. The van der Waals surface area contributed by atoms with Crippen LogP contribution in [0.1, 0.15) is 31.0 Å². The van der Waals surface area contributed by atoms with Gasteiger partial charge in [-0.3, -0.25) is 5.10 Å². The highest BCUT2D eigenvalue weighted by Gasteiger charge is 2.32. The summed E-state index contributed by atoms with van der Waals surface area (Å²) in [5.74, 6) is 0.367. The highest BCUT2D eigenvalue weighted by molar-refractivity contribution is 7.89. The van der Waals surface area contributed by atoms with Crippen LogP contribution in [0.3, 0.4) is 0 Å². The van der Waals surface area contributed by atoms with Gasteiger partial charge in [0.25, 0.3) is 10.0 Å². The maximum Gasteiger partial charge on any atom is 0.262 e. The number of nitrogens with zero attached hydrogens (tertiary/aromatic N) is 2. The van der Waals surface area contributed by atoms with Crippen LogP contribution in [0, 0.1) is 12.8 Å². The van der Waals surface area contributed by atoms with E-state index in [1.54, 1.807) is 6.92 Å². The molecule has 0 aromatic carbocycles. The molecule has 1 aliphatic rings. The molecule has 1 atom stereocenters. The van der Waals surface area contributed by atoms with Crippen LogP contribution in [0.15, 0.2) is 5.03 Å². The normalized spacial score (nSPS) is 22.3. The Kier molecular flexibility index (Phi) is 3.74. The van der Waals surface area contributed by atoms with Gasteiger partial charge in [0, 0.05) is 24.3 Å². The summed E-state index contributed by atoms with van der Waals surface area (Å²) < 4.78 is 26.4. The Bertz CT molecular complexity index is 524. The maximum absolute atomic E-state index is 12.5. The second-order valence-corrected chi connectivity index (χ2v) is 6.75. The van der Waals surface area contributed by atoms with Gasteiger partial charge in [-0.05, 0) is 25.7 Å². The zero-order valence-corrected chi connectivity index (χ0v) is 11.5. The molecule has 7 heteroatoms. The average Bonchev–Trinajstić information content (AvgIpc) is 2.71. The van der Waals surface area contributed by atoms with Crippen LogP contribution in [-0.4, -0.2) is 41.1 Å². The van der Waals surface area contributed by atoms with Gasteiger partial charge in [0.15, 0.2) is 5.03 Å². The van der Waals surface area contributed by atoms with E-state index in [-0.39, 0.29) is 11.6 Å². The molecule has 102 valence electrons. The first-order valence-electron chi connectivity index (χ1n) is 6.11. The number of aliphatic hydroxyl groups is 1. The molecule has 0 bridgehead atoms. The number of H-pyrrole nitrogens is 1. The smallest absolute Gasteiger partial charge is 0.262 e. The average molecular weight is 273 g/mol. The van der Waals surface area contributed by atoms with Crippen molar-refractivity contribution in [3.05, 3.63) is 11.3 Å². The summed E-state index contributed by atoms with van der Waals surface area (Å²) in [5.41, 5.74) is 0.967. The molecule has 0 amide bonds. The topological polar surface area (TPSA) is 86.3 Å². The van der Waals surface area contributed by atoms with E-state index in [1.165, 1.54) is 4.31 Å². The third-order valence-corrected chi connectivity index (χ3v) is 5.24. The number of hydrogen-bond donors (Lipinski definition) is 2. The van der Waals surface area contributed by atoms with Crippen LogP contribution in [0.2, 0.25) is 0 Å². The molecule has 1 fully saturated rings. The van der Waals surface area contributed by atoms with E-state index in [2.05, 4.69) is 10.2 Å². The number of aromatic nitrogens is 2. The number of sulfonamides is 1. The minimum absolute atomic E-state index is 0.0309. The van der Waals surface area contributed by atoms with Crippen LogP contribution in [0.5, 0.6) is 0 Å². The van der Waals surface area contributed by atoms with E-state index in [0.717, 1.165) is 12.8 Å². The van der Waals surface area contributed by atoms with Gasteiger partial charge in [0.2, 0.25) is 0 Å². The summed E-state index contributed by atoms with van der Waals surface area (Å²) in [6, 6.07) is 0. The van der Waals surface area contributed by atoms with Crippen molar-refractivity contribution in [1.82, 2.24) is 14.5 Å². The summed E-state index contributed by atoms with van der Waals surface area (Å²) in [6.45, 7) is 4.49.